The van der Waals surface area contributed by atoms with Crippen LogP contribution in [0.25, 0.3) is 99.1 Å². The molecule has 4 aliphatic heterocycles. The van der Waals surface area contributed by atoms with Gasteiger partial charge in [0.1, 0.15) is 0 Å². The Morgan fingerprint density at radius 1 is 0.257 bits per heavy atom. The fraction of sp³-hybridized carbons (Fsp3) is 0.235. The summed E-state index contributed by atoms with van der Waals surface area (Å²) in [5, 5.41) is 8.44. The summed E-state index contributed by atoms with van der Waals surface area (Å²) in [6, 6.07) is 58.5. The predicted octanol–water partition coefficient (Wildman–Crippen LogP) is 14.1. The Hall–Kier alpha value is -6.63. The molecule has 0 fully saturated rings. The zero-order valence-corrected chi connectivity index (χ0v) is 43.0. The molecular weight excluding hydrogens is 838 g/mol. The third-order valence-electron chi connectivity index (χ3n) is 17.2. The Morgan fingerprint density at radius 2 is 0.586 bits per heavy atom. The third kappa shape index (κ3) is 5.63. The fourth-order valence-electron chi connectivity index (χ4n) is 13.5. The molecule has 0 nitrogen and oxygen atoms in total. The van der Waals surface area contributed by atoms with E-state index in [0.717, 1.165) is 0 Å². The number of rotatable bonds is 2. The highest BCUT2D eigenvalue weighted by molar-refractivity contribution is 7.03. The molecule has 0 saturated carbocycles. The van der Waals surface area contributed by atoms with Crippen molar-refractivity contribution in [2.75, 3.05) is 0 Å². The lowest BCUT2D eigenvalue weighted by Gasteiger charge is -2.34. The smallest absolute Gasteiger partial charge is 0.0661 e. The van der Waals surface area contributed by atoms with Crippen LogP contribution in [0.4, 0.5) is 0 Å². The van der Waals surface area contributed by atoms with Gasteiger partial charge < -0.3 is 0 Å². The third-order valence-corrected chi connectivity index (χ3v) is 17.2. The second-order valence-corrected chi connectivity index (χ2v) is 25.6. The molecule has 0 atom stereocenters. The molecule has 10 aromatic rings. The van der Waals surface area contributed by atoms with Crippen LogP contribution in [0, 0.1) is 0 Å². The van der Waals surface area contributed by atoms with Crippen LogP contribution in [0.1, 0.15) is 105 Å². The molecular formula is C68H60B2. The van der Waals surface area contributed by atoms with E-state index in [2.05, 4.69) is 229 Å². The van der Waals surface area contributed by atoms with Crippen LogP contribution in [0.5, 0.6) is 0 Å². The molecule has 2 heteroatoms. The second-order valence-electron chi connectivity index (χ2n) is 25.6. The van der Waals surface area contributed by atoms with Crippen LogP contribution in [0.2, 0.25) is 0 Å². The summed E-state index contributed by atoms with van der Waals surface area (Å²) in [5.41, 5.74) is 30.7. The maximum atomic E-state index is 2.69. The molecule has 0 saturated heterocycles. The molecule has 0 spiro atoms. The van der Waals surface area contributed by atoms with Crippen molar-refractivity contribution in [1.29, 1.82) is 0 Å². The number of hydrogen-bond acceptors (Lipinski definition) is 0. The number of fused-ring (bicyclic) bond motifs is 10. The Kier molecular flexibility index (Phi) is 8.22. The van der Waals surface area contributed by atoms with Gasteiger partial charge in [-0.1, -0.05) is 249 Å². The Labute approximate surface area is 415 Å². The van der Waals surface area contributed by atoms with Gasteiger partial charge in [-0.15, -0.1) is 0 Å². The van der Waals surface area contributed by atoms with Crippen molar-refractivity contribution in [3.63, 3.8) is 0 Å². The zero-order chi connectivity index (χ0) is 48.3. The van der Waals surface area contributed by atoms with Crippen LogP contribution < -0.4 is 32.8 Å². The average Bonchev–Trinajstić information content (AvgIpc) is 3.84. The predicted molar refractivity (Wildman–Crippen MR) is 307 cm³/mol. The fourth-order valence-corrected chi connectivity index (χ4v) is 13.5. The van der Waals surface area contributed by atoms with Crippen molar-refractivity contribution in [2.24, 2.45) is 0 Å². The summed E-state index contributed by atoms with van der Waals surface area (Å²) < 4.78 is 0. The molecule has 0 aromatic heterocycles. The van der Waals surface area contributed by atoms with Crippen molar-refractivity contribution >= 4 is 78.5 Å². The first-order valence-electron chi connectivity index (χ1n) is 25.9. The van der Waals surface area contributed by atoms with Gasteiger partial charge in [0.25, 0.3) is 0 Å². The molecule has 0 bridgehead atoms. The SMILES string of the molecule is CC(C)(C)c1ccc2c(c1)-c1cc(C(C)(C)C)cc3c1B2c1cc2c(-c4ccccc4)cc4c5c(cc6c(-c7ccccc7)cc-3c1c6c25)B1c2ccc(C(C)(C)C)cc2-c2cc(C(C)(C)C)cc-4c21. The number of benzene rings is 10. The molecule has 14 rings (SSSR count). The molecule has 0 amide bonds. The van der Waals surface area contributed by atoms with Crippen molar-refractivity contribution < 1.29 is 0 Å². The van der Waals surface area contributed by atoms with E-state index in [1.165, 1.54) is 154 Å². The van der Waals surface area contributed by atoms with Gasteiger partial charge in [-0.05, 0) is 155 Å². The normalized spacial score (nSPS) is 14.2. The maximum Gasteiger partial charge on any atom is 0.244 e. The van der Waals surface area contributed by atoms with Crippen molar-refractivity contribution in [1.82, 2.24) is 0 Å². The molecule has 0 radical (unpaired) electrons. The van der Waals surface area contributed by atoms with Gasteiger partial charge in [0.05, 0.1) is 0 Å². The molecule has 0 aliphatic carbocycles. The van der Waals surface area contributed by atoms with Gasteiger partial charge in [-0.25, -0.2) is 0 Å². The summed E-state index contributed by atoms with van der Waals surface area (Å²) in [7, 11) is 0. The van der Waals surface area contributed by atoms with Gasteiger partial charge in [0.15, 0.2) is 0 Å². The summed E-state index contributed by atoms with van der Waals surface area (Å²) in [4.78, 5) is 0. The lowest BCUT2D eigenvalue weighted by atomic mass is 9.34. The Balaban J connectivity index is 1.21. The van der Waals surface area contributed by atoms with Gasteiger partial charge >= 0.3 is 0 Å². The molecule has 4 aliphatic rings. The minimum atomic E-state index is -0.0352. The standard InChI is InChI=1S/C68H60B2/c1-65(2,3)39-23-25-55-45(27-39)51-29-41(67(7,8)9)31-53-47-33-43(37-19-15-13-16-20-37)50-36-58-60-48(34-44(38-21-17-14-18-22-38)49-35-57(69(55)63(51)53)59(47)61(50)62(49)60)54-32-42(68(10,11)12)30-52-46-28-40(66(4,5)6)24-26-56(46)70(58)64(52)54/h13-36H,1-12H3. The molecule has 70 heavy (non-hydrogen) atoms. The molecule has 0 N–H and O–H groups in total. The molecule has 338 valence electrons. The van der Waals surface area contributed by atoms with E-state index in [0.29, 0.717) is 0 Å². The van der Waals surface area contributed by atoms with Gasteiger partial charge in [-0.3, -0.25) is 0 Å². The van der Waals surface area contributed by atoms with E-state index < -0.39 is 0 Å². The topological polar surface area (TPSA) is 0 Å². The van der Waals surface area contributed by atoms with E-state index in [9.17, 15) is 0 Å². The average molecular weight is 899 g/mol. The summed E-state index contributed by atoms with van der Waals surface area (Å²) in [5.74, 6) is 0. The van der Waals surface area contributed by atoms with E-state index in [1.54, 1.807) is 0 Å². The van der Waals surface area contributed by atoms with Gasteiger partial charge in [0.2, 0.25) is 13.4 Å². The first-order valence-corrected chi connectivity index (χ1v) is 25.9. The Morgan fingerprint density at radius 3 is 0.929 bits per heavy atom. The maximum absolute atomic E-state index is 2.69. The zero-order valence-electron chi connectivity index (χ0n) is 43.0. The minimum absolute atomic E-state index is 0.0308. The Bertz CT molecular complexity index is 3690. The first-order chi connectivity index (χ1) is 33.3. The van der Waals surface area contributed by atoms with E-state index in [-0.39, 0.29) is 35.1 Å². The van der Waals surface area contributed by atoms with E-state index >= 15 is 0 Å². The van der Waals surface area contributed by atoms with Crippen LogP contribution in [0.3, 0.4) is 0 Å². The highest BCUT2D eigenvalue weighted by atomic mass is 14.4. The van der Waals surface area contributed by atoms with Gasteiger partial charge in [-0.2, -0.15) is 0 Å². The summed E-state index contributed by atoms with van der Waals surface area (Å²) >= 11 is 0. The van der Waals surface area contributed by atoms with E-state index in [1.807, 2.05) is 0 Å². The van der Waals surface area contributed by atoms with Crippen LogP contribution in [-0.2, 0) is 21.7 Å². The van der Waals surface area contributed by atoms with Crippen molar-refractivity contribution in [2.45, 2.75) is 105 Å². The van der Waals surface area contributed by atoms with Gasteiger partial charge in [0, 0.05) is 0 Å². The van der Waals surface area contributed by atoms with E-state index in [4.69, 9.17) is 0 Å². The summed E-state index contributed by atoms with van der Waals surface area (Å²) in [6.45, 7) is 28.7. The van der Waals surface area contributed by atoms with Crippen LogP contribution >= 0.6 is 0 Å². The van der Waals surface area contributed by atoms with Crippen molar-refractivity contribution in [3.05, 3.63) is 168 Å². The minimum Gasteiger partial charge on any atom is -0.0661 e. The highest BCUT2D eigenvalue weighted by Gasteiger charge is 2.46. The lowest BCUT2D eigenvalue weighted by Crippen LogP contribution is -2.53. The van der Waals surface area contributed by atoms with Crippen LogP contribution in [-0.4, -0.2) is 13.4 Å². The molecule has 4 heterocycles. The first kappa shape index (κ1) is 42.3. The quantitative estimate of drug-likeness (QED) is 0.120. The second kappa shape index (κ2) is 13.6. The summed E-state index contributed by atoms with van der Waals surface area (Å²) in [6.07, 6.45) is 0. The molecule has 10 aromatic carbocycles. The van der Waals surface area contributed by atoms with Crippen molar-refractivity contribution in [3.8, 4) is 66.8 Å². The molecule has 0 unspecified atom stereocenters. The largest absolute Gasteiger partial charge is 0.244 e. The monoisotopic (exact) mass is 898 g/mol. The highest BCUT2D eigenvalue weighted by Crippen LogP contribution is 2.52. The van der Waals surface area contributed by atoms with Crippen LogP contribution in [0.15, 0.2) is 146 Å². The lowest BCUT2D eigenvalue weighted by molar-refractivity contribution is 0.590. The number of hydrogen-bond donors (Lipinski definition) is 0.